The number of nitrogens with one attached hydrogen (secondary N) is 1. The fraction of sp³-hybridized carbons (Fsp3) is 0.471. The Morgan fingerprint density at radius 3 is 3.05 bits per heavy atom. The van der Waals surface area contributed by atoms with Gasteiger partial charge in [0.25, 0.3) is 0 Å². The quantitative estimate of drug-likeness (QED) is 0.903. The average Bonchev–Trinajstić information content (AvgIpc) is 2.53. The lowest BCUT2D eigenvalue weighted by Crippen LogP contribution is -2.34. The summed E-state index contributed by atoms with van der Waals surface area (Å²) in [5.74, 6) is 0.490. The molecule has 0 aliphatic carbocycles. The van der Waals surface area contributed by atoms with Gasteiger partial charge in [-0.05, 0) is 47.4 Å². The van der Waals surface area contributed by atoms with Crippen molar-refractivity contribution in [3.05, 3.63) is 40.5 Å². The van der Waals surface area contributed by atoms with Crippen LogP contribution in [0.4, 0.5) is 0 Å². The topological polar surface area (TPSA) is 34.2 Å². The van der Waals surface area contributed by atoms with E-state index in [9.17, 15) is 0 Å². The molecule has 1 aliphatic heterocycles. The van der Waals surface area contributed by atoms with Gasteiger partial charge in [-0.2, -0.15) is 0 Å². The molecule has 2 heterocycles. The van der Waals surface area contributed by atoms with Gasteiger partial charge in [0, 0.05) is 22.4 Å². The van der Waals surface area contributed by atoms with Crippen LogP contribution < -0.4 is 5.32 Å². The number of pyridine rings is 1. The molecule has 0 bridgehead atoms. The van der Waals surface area contributed by atoms with Crippen LogP contribution in [0.25, 0.3) is 10.9 Å². The third-order valence-electron chi connectivity index (χ3n) is 4.09. The molecule has 4 heteroatoms. The Labute approximate surface area is 134 Å². The molecule has 1 saturated heterocycles. The van der Waals surface area contributed by atoms with Gasteiger partial charge < -0.3 is 10.1 Å². The number of ether oxygens (including phenoxy) is 1. The number of rotatable bonds is 4. The number of para-hydroxylation sites is 1. The van der Waals surface area contributed by atoms with Gasteiger partial charge in [-0.3, -0.25) is 0 Å². The predicted octanol–water partition coefficient (Wildman–Crippen LogP) is 4.07. The first-order valence-electron chi connectivity index (χ1n) is 7.66. The molecule has 3 rings (SSSR count). The highest BCUT2D eigenvalue weighted by atomic mass is 79.9. The van der Waals surface area contributed by atoms with Crippen LogP contribution in [0.2, 0.25) is 0 Å². The molecule has 1 fully saturated rings. The van der Waals surface area contributed by atoms with Crippen molar-refractivity contribution < 1.29 is 4.74 Å². The Hall–Kier alpha value is -0.970. The molecule has 2 unspecified atom stereocenters. The Balaban J connectivity index is 1.99. The number of benzene rings is 1. The Morgan fingerprint density at radius 2 is 2.29 bits per heavy atom. The number of fused-ring (bicyclic) bond motifs is 1. The second kappa shape index (κ2) is 6.86. The first kappa shape index (κ1) is 14.9. The van der Waals surface area contributed by atoms with E-state index in [0.29, 0.717) is 5.92 Å². The lowest BCUT2D eigenvalue weighted by Gasteiger charge is -2.31. The first-order valence-corrected chi connectivity index (χ1v) is 8.45. The minimum atomic E-state index is 0.245. The largest absolute Gasteiger partial charge is 0.381 e. The second-order valence-corrected chi connectivity index (χ2v) is 6.42. The van der Waals surface area contributed by atoms with E-state index in [4.69, 9.17) is 9.72 Å². The number of halogens is 1. The van der Waals surface area contributed by atoms with Crippen LogP contribution in [0, 0.1) is 5.92 Å². The van der Waals surface area contributed by atoms with Crippen molar-refractivity contribution in [2.75, 3.05) is 19.8 Å². The number of nitrogens with zero attached hydrogens (tertiary/aromatic N) is 1. The van der Waals surface area contributed by atoms with Crippen LogP contribution in [0.5, 0.6) is 0 Å². The third-order valence-corrected chi connectivity index (χ3v) is 4.73. The van der Waals surface area contributed by atoms with Gasteiger partial charge in [-0.1, -0.05) is 25.1 Å². The number of hydrogen-bond donors (Lipinski definition) is 1. The molecule has 1 aromatic heterocycles. The van der Waals surface area contributed by atoms with Gasteiger partial charge in [-0.25, -0.2) is 4.98 Å². The van der Waals surface area contributed by atoms with E-state index in [-0.39, 0.29) is 6.04 Å². The molecule has 112 valence electrons. The van der Waals surface area contributed by atoms with Crippen molar-refractivity contribution in [1.82, 2.24) is 10.3 Å². The fourth-order valence-corrected chi connectivity index (χ4v) is 3.64. The van der Waals surface area contributed by atoms with Crippen molar-refractivity contribution in [2.45, 2.75) is 25.8 Å². The second-order valence-electron chi connectivity index (χ2n) is 5.56. The molecule has 21 heavy (non-hydrogen) atoms. The third kappa shape index (κ3) is 3.28. The summed E-state index contributed by atoms with van der Waals surface area (Å²) < 4.78 is 6.76. The summed E-state index contributed by atoms with van der Waals surface area (Å²) in [6, 6.07) is 10.7. The monoisotopic (exact) mass is 348 g/mol. The SMILES string of the molecule is CCNC(c1nc2ccccc2cc1Br)C1CCCOC1. The van der Waals surface area contributed by atoms with Gasteiger partial charge in [0.1, 0.15) is 0 Å². The molecule has 0 amide bonds. The maximum absolute atomic E-state index is 5.68. The van der Waals surface area contributed by atoms with Crippen molar-refractivity contribution in [1.29, 1.82) is 0 Å². The maximum atomic E-state index is 5.68. The maximum Gasteiger partial charge on any atom is 0.0726 e. The average molecular weight is 349 g/mol. The van der Waals surface area contributed by atoms with Crippen LogP contribution in [0.15, 0.2) is 34.8 Å². The van der Waals surface area contributed by atoms with Gasteiger partial charge in [0.2, 0.25) is 0 Å². The molecule has 3 nitrogen and oxygen atoms in total. The molecular formula is C17H21BrN2O. The summed E-state index contributed by atoms with van der Waals surface area (Å²) in [6.45, 7) is 4.79. The highest BCUT2D eigenvalue weighted by Crippen LogP contribution is 2.33. The highest BCUT2D eigenvalue weighted by Gasteiger charge is 2.27. The first-order chi connectivity index (χ1) is 10.3. The van der Waals surface area contributed by atoms with Crippen LogP contribution >= 0.6 is 15.9 Å². The highest BCUT2D eigenvalue weighted by molar-refractivity contribution is 9.10. The summed E-state index contributed by atoms with van der Waals surface area (Å²) in [6.07, 6.45) is 2.33. The molecule has 1 aromatic carbocycles. The Kier molecular flexibility index (Phi) is 4.88. The summed E-state index contributed by atoms with van der Waals surface area (Å²) in [5.41, 5.74) is 2.15. The Morgan fingerprint density at radius 1 is 1.43 bits per heavy atom. The van der Waals surface area contributed by atoms with Crippen LogP contribution in [0.3, 0.4) is 0 Å². The van der Waals surface area contributed by atoms with E-state index in [1.54, 1.807) is 0 Å². The van der Waals surface area contributed by atoms with E-state index in [2.05, 4.69) is 46.4 Å². The van der Waals surface area contributed by atoms with Gasteiger partial charge >= 0.3 is 0 Å². The lowest BCUT2D eigenvalue weighted by molar-refractivity contribution is 0.0386. The van der Waals surface area contributed by atoms with Gasteiger partial charge in [-0.15, -0.1) is 0 Å². The number of aromatic nitrogens is 1. The molecule has 1 N–H and O–H groups in total. The molecule has 0 spiro atoms. The zero-order valence-electron chi connectivity index (χ0n) is 12.3. The van der Waals surface area contributed by atoms with Gasteiger partial charge in [0.15, 0.2) is 0 Å². The molecule has 0 saturated carbocycles. The predicted molar refractivity (Wildman–Crippen MR) is 89.4 cm³/mol. The molecule has 0 radical (unpaired) electrons. The Bertz CT molecular complexity index is 611. The zero-order valence-corrected chi connectivity index (χ0v) is 13.9. The van der Waals surface area contributed by atoms with Crippen LogP contribution in [-0.4, -0.2) is 24.7 Å². The van der Waals surface area contributed by atoms with E-state index in [1.807, 2.05) is 12.1 Å². The van der Waals surface area contributed by atoms with Crippen LogP contribution in [0.1, 0.15) is 31.5 Å². The van der Waals surface area contributed by atoms with Gasteiger partial charge in [0.05, 0.1) is 23.9 Å². The zero-order chi connectivity index (χ0) is 14.7. The normalized spacial score (nSPS) is 20.6. The minimum absolute atomic E-state index is 0.245. The summed E-state index contributed by atoms with van der Waals surface area (Å²) in [4.78, 5) is 4.90. The van der Waals surface area contributed by atoms with Crippen molar-refractivity contribution in [3.8, 4) is 0 Å². The summed E-state index contributed by atoms with van der Waals surface area (Å²) in [7, 11) is 0. The molecule has 2 aromatic rings. The standard InChI is InChI=1S/C17H21BrN2O/c1-2-19-16(13-7-5-9-21-11-13)17-14(18)10-12-6-3-4-8-15(12)20-17/h3-4,6,8,10,13,16,19H,2,5,7,9,11H2,1H3. The van der Waals surface area contributed by atoms with E-state index < -0.39 is 0 Å². The van der Waals surface area contributed by atoms with Crippen molar-refractivity contribution in [3.63, 3.8) is 0 Å². The van der Waals surface area contributed by atoms with E-state index >= 15 is 0 Å². The number of hydrogen-bond acceptors (Lipinski definition) is 3. The molecule has 1 aliphatic rings. The molecular weight excluding hydrogens is 328 g/mol. The summed E-state index contributed by atoms with van der Waals surface area (Å²) >= 11 is 3.71. The lowest BCUT2D eigenvalue weighted by atomic mass is 9.91. The van der Waals surface area contributed by atoms with E-state index in [1.165, 1.54) is 11.8 Å². The smallest absolute Gasteiger partial charge is 0.0726 e. The van der Waals surface area contributed by atoms with Crippen LogP contribution in [-0.2, 0) is 4.74 Å². The minimum Gasteiger partial charge on any atom is -0.381 e. The fourth-order valence-electron chi connectivity index (χ4n) is 3.06. The van der Waals surface area contributed by atoms with E-state index in [0.717, 1.165) is 41.9 Å². The molecule has 2 atom stereocenters. The van der Waals surface area contributed by atoms with Crippen molar-refractivity contribution >= 4 is 26.8 Å². The van der Waals surface area contributed by atoms with Crippen molar-refractivity contribution in [2.24, 2.45) is 5.92 Å². The summed E-state index contributed by atoms with van der Waals surface area (Å²) in [5, 5.41) is 4.77.